The Labute approximate surface area is 100 Å². The van der Waals surface area contributed by atoms with E-state index in [9.17, 15) is 4.79 Å². The Morgan fingerprint density at radius 3 is 2.35 bits per heavy atom. The van der Waals surface area contributed by atoms with Crippen molar-refractivity contribution in [2.75, 3.05) is 13.2 Å². The lowest BCUT2D eigenvalue weighted by Gasteiger charge is -2.27. The van der Waals surface area contributed by atoms with E-state index in [1.807, 2.05) is 6.07 Å². The maximum Gasteiger partial charge on any atom is 0.242 e. The van der Waals surface area contributed by atoms with Crippen molar-refractivity contribution >= 4 is 5.91 Å². The van der Waals surface area contributed by atoms with Gasteiger partial charge in [-0.05, 0) is 12.5 Å². The molecule has 0 unspecified atom stereocenters. The molecule has 1 aromatic rings. The second-order valence-corrected chi connectivity index (χ2v) is 4.25. The number of aliphatic hydroxyl groups is 2. The average molecular weight is 238 g/mol. The normalized spacial score (nSPS) is 13.2. The summed E-state index contributed by atoms with van der Waals surface area (Å²) in [5.74, 6) is -0.429. The fourth-order valence-electron chi connectivity index (χ4n) is 1.32. The smallest absolute Gasteiger partial charge is 0.242 e. The Morgan fingerprint density at radius 2 is 1.88 bits per heavy atom. The number of amides is 1. The molecule has 5 N–H and O–H groups in total. The summed E-state index contributed by atoms with van der Waals surface area (Å²) in [6.07, 6.45) is 0. The van der Waals surface area contributed by atoms with Crippen LogP contribution in [0.15, 0.2) is 30.3 Å². The summed E-state index contributed by atoms with van der Waals surface area (Å²) in [6, 6.07) is 8.10. The van der Waals surface area contributed by atoms with Gasteiger partial charge >= 0.3 is 0 Å². The van der Waals surface area contributed by atoms with Crippen LogP contribution in [0.5, 0.6) is 0 Å². The van der Waals surface area contributed by atoms with E-state index < -0.39 is 17.5 Å². The van der Waals surface area contributed by atoms with Gasteiger partial charge in [-0.1, -0.05) is 30.3 Å². The predicted molar refractivity (Wildman–Crippen MR) is 64.1 cm³/mol. The number of nitrogens with two attached hydrogens (primary N) is 1. The van der Waals surface area contributed by atoms with Crippen LogP contribution in [0.25, 0.3) is 0 Å². The van der Waals surface area contributed by atoms with Crippen molar-refractivity contribution in [3.8, 4) is 0 Å². The molecule has 1 aromatic carbocycles. The van der Waals surface area contributed by atoms with E-state index in [0.717, 1.165) is 0 Å². The average Bonchev–Trinajstić information content (AvgIpc) is 2.38. The maximum atomic E-state index is 11.8. The van der Waals surface area contributed by atoms with Crippen molar-refractivity contribution in [1.29, 1.82) is 0 Å². The predicted octanol–water partition coefficient (Wildman–Crippen LogP) is -0.454. The molecule has 5 heteroatoms. The third-order valence-corrected chi connectivity index (χ3v) is 2.56. The third-order valence-electron chi connectivity index (χ3n) is 2.56. The lowest BCUT2D eigenvalue weighted by Crippen LogP contribution is -2.54. The van der Waals surface area contributed by atoms with Crippen molar-refractivity contribution in [2.45, 2.75) is 18.5 Å². The number of benzene rings is 1. The van der Waals surface area contributed by atoms with Crippen molar-refractivity contribution in [3.63, 3.8) is 0 Å². The van der Waals surface area contributed by atoms with Crippen molar-refractivity contribution < 1.29 is 15.0 Å². The molecule has 0 aliphatic carbocycles. The highest BCUT2D eigenvalue weighted by atomic mass is 16.3. The van der Waals surface area contributed by atoms with Crippen LogP contribution in [-0.4, -0.2) is 34.9 Å². The van der Waals surface area contributed by atoms with Gasteiger partial charge in [0, 0.05) is 0 Å². The Kier molecular flexibility index (Phi) is 4.62. The highest BCUT2D eigenvalue weighted by Gasteiger charge is 2.27. The van der Waals surface area contributed by atoms with E-state index in [4.69, 9.17) is 15.9 Å². The number of nitrogens with one attached hydrogen (secondary N) is 1. The van der Waals surface area contributed by atoms with Crippen LogP contribution in [0.3, 0.4) is 0 Å². The number of carbonyl (C=O) groups is 1. The van der Waals surface area contributed by atoms with E-state index in [-0.39, 0.29) is 13.2 Å². The van der Waals surface area contributed by atoms with Crippen LogP contribution >= 0.6 is 0 Å². The lowest BCUT2D eigenvalue weighted by molar-refractivity contribution is -0.125. The summed E-state index contributed by atoms with van der Waals surface area (Å²) in [5.41, 5.74) is 5.41. The van der Waals surface area contributed by atoms with E-state index in [1.165, 1.54) is 0 Å². The first kappa shape index (κ1) is 13.6. The molecular formula is C12H18N2O3. The van der Waals surface area contributed by atoms with Crippen LogP contribution in [0.2, 0.25) is 0 Å². The Balaban J connectivity index is 2.71. The van der Waals surface area contributed by atoms with Crippen LogP contribution in [0.1, 0.15) is 18.5 Å². The number of hydrogen-bond donors (Lipinski definition) is 4. The molecule has 1 atom stereocenters. The fourth-order valence-corrected chi connectivity index (χ4v) is 1.32. The van der Waals surface area contributed by atoms with Crippen LogP contribution in [0.4, 0.5) is 0 Å². The highest BCUT2D eigenvalue weighted by Crippen LogP contribution is 2.11. The molecule has 1 amide bonds. The molecule has 0 aromatic heterocycles. The quantitative estimate of drug-likeness (QED) is 0.558. The number of rotatable bonds is 5. The second-order valence-electron chi connectivity index (χ2n) is 4.25. The summed E-state index contributed by atoms with van der Waals surface area (Å²) in [7, 11) is 0. The summed E-state index contributed by atoms with van der Waals surface area (Å²) < 4.78 is 0. The molecule has 0 radical (unpaired) electrons. The van der Waals surface area contributed by atoms with Gasteiger partial charge in [-0.25, -0.2) is 0 Å². The summed E-state index contributed by atoms with van der Waals surface area (Å²) in [4.78, 5) is 11.8. The Hall–Kier alpha value is -1.43. The molecule has 5 nitrogen and oxygen atoms in total. The number of aliphatic hydroxyl groups excluding tert-OH is 2. The first-order valence-corrected chi connectivity index (χ1v) is 5.37. The van der Waals surface area contributed by atoms with Crippen LogP contribution in [0, 0.1) is 0 Å². The molecule has 0 aliphatic heterocycles. The van der Waals surface area contributed by atoms with Crippen molar-refractivity contribution in [1.82, 2.24) is 5.32 Å². The lowest BCUT2D eigenvalue weighted by atomic mass is 10.0. The standard InChI is InChI=1S/C12H18N2O3/c1-12(7-15,8-16)14-11(17)10(13)9-5-3-2-4-6-9/h2-6,10,15-16H,7-8,13H2,1H3,(H,14,17)/t10-/m1/s1. The zero-order valence-corrected chi connectivity index (χ0v) is 9.76. The van der Waals surface area contributed by atoms with Gasteiger partial charge in [0.2, 0.25) is 5.91 Å². The van der Waals surface area contributed by atoms with E-state index >= 15 is 0 Å². The minimum atomic E-state index is -1.05. The van der Waals surface area contributed by atoms with Crippen molar-refractivity contribution in [2.24, 2.45) is 5.73 Å². The van der Waals surface area contributed by atoms with Crippen LogP contribution in [-0.2, 0) is 4.79 Å². The summed E-state index contributed by atoms with van der Waals surface area (Å²) in [6.45, 7) is 0.843. The van der Waals surface area contributed by atoms with Gasteiger partial charge in [0.25, 0.3) is 0 Å². The zero-order chi connectivity index (χ0) is 12.9. The van der Waals surface area contributed by atoms with Gasteiger partial charge < -0.3 is 21.3 Å². The van der Waals surface area contributed by atoms with Gasteiger partial charge in [0.1, 0.15) is 6.04 Å². The molecule has 0 bridgehead atoms. The first-order chi connectivity index (χ1) is 8.02. The Bertz CT molecular complexity index is 363. The molecule has 17 heavy (non-hydrogen) atoms. The largest absolute Gasteiger partial charge is 0.394 e. The minimum Gasteiger partial charge on any atom is -0.394 e. The topological polar surface area (TPSA) is 95.6 Å². The maximum absolute atomic E-state index is 11.8. The summed E-state index contributed by atoms with van der Waals surface area (Å²) in [5, 5.41) is 20.7. The monoisotopic (exact) mass is 238 g/mol. The zero-order valence-electron chi connectivity index (χ0n) is 9.76. The minimum absolute atomic E-state index is 0.350. The molecule has 94 valence electrons. The Morgan fingerprint density at radius 1 is 1.35 bits per heavy atom. The number of hydrogen-bond acceptors (Lipinski definition) is 4. The molecule has 0 heterocycles. The van der Waals surface area contributed by atoms with E-state index in [2.05, 4.69) is 5.32 Å². The molecule has 1 rings (SSSR count). The fraction of sp³-hybridized carbons (Fsp3) is 0.417. The van der Waals surface area contributed by atoms with Gasteiger partial charge in [-0.15, -0.1) is 0 Å². The van der Waals surface area contributed by atoms with Gasteiger partial charge in [0.05, 0.1) is 18.8 Å². The van der Waals surface area contributed by atoms with Crippen molar-refractivity contribution in [3.05, 3.63) is 35.9 Å². The first-order valence-electron chi connectivity index (χ1n) is 5.37. The SMILES string of the molecule is CC(CO)(CO)NC(=O)[C@H](N)c1ccccc1. The number of carbonyl (C=O) groups excluding carboxylic acids is 1. The third kappa shape index (κ3) is 3.52. The molecule has 0 saturated carbocycles. The molecule has 0 aliphatic rings. The van der Waals surface area contributed by atoms with Crippen LogP contribution < -0.4 is 11.1 Å². The van der Waals surface area contributed by atoms with E-state index in [0.29, 0.717) is 5.56 Å². The molecule has 0 saturated heterocycles. The summed E-state index contributed by atoms with van der Waals surface area (Å²) >= 11 is 0. The second kappa shape index (κ2) is 5.77. The molecule has 0 fully saturated rings. The highest BCUT2D eigenvalue weighted by molar-refractivity contribution is 5.83. The molecule has 0 spiro atoms. The van der Waals surface area contributed by atoms with Gasteiger partial charge in [0.15, 0.2) is 0 Å². The molecular weight excluding hydrogens is 220 g/mol. The van der Waals surface area contributed by atoms with Gasteiger partial charge in [-0.2, -0.15) is 0 Å². The van der Waals surface area contributed by atoms with E-state index in [1.54, 1.807) is 31.2 Å². The van der Waals surface area contributed by atoms with Gasteiger partial charge in [-0.3, -0.25) is 4.79 Å².